The van der Waals surface area contributed by atoms with E-state index in [2.05, 4.69) is 22.5 Å². The van der Waals surface area contributed by atoms with Gasteiger partial charge in [0.2, 0.25) is 11.8 Å². The highest BCUT2D eigenvalue weighted by Crippen LogP contribution is 2.44. The molecule has 0 radical (unpaired) electrons. The smallest absolute Gasteiger partial charge is 0.407 e. The molecule has 0 aliphatic heterocycles. The van der Waals surface area contributed by atoms with Crippen molar-refractivity contribution in [3.8, 4) is 11.1 Å². The number of carboxylic acid groups (broad SMARTS) is 1. The van der Waals surface area contributed by atoms with E-state index in [4.69, 9.17) is 9.84 Å². The third kappa shape index (κ3) is 5.97. The maximum Gasteiger partial charge on any atom is 0.407 e. The van der Waals surface area contributed by atoms with E-state index in [-0.39, 0.29) is 18.9 Å². The summed E-state index contributed by atoms with van der Waals surface area (Å²) in [6.45, 7) is 2.70. The van der Waals surface area contributed by atoms with Crippen LogP contribution in [0.15, 0.2) is 61.2 Å². The van der Waals surface area contributed by atoms with Crippen molar-refractivity contribution in [1.82, 2.24) is 16.0 Å². The Morgan fingerprint density at radius 1 is 0.970 bits per heavy atom. The summed E-state index contributed by atoms with van der Waals surface area (Å²) < 4.78 is 5.45. The van der Waals surface area contributed by atoms with Gasteiger partial charge in [0.25, 0.3) is 0 Å². The number of aliphatic carboxylic acids is 1. The number of fused-ring (bicyclic) bond motifs is 3. The first-order valence-corrected chi connectivity index (χ1v) is 10.4. The van der Waals surface area contributed by atoms with Crippen LogP contribution >= 0.6 is 0 Å². The van der Waals surface area contributed by atoms with Crippen molar-refractivity contribution in [3.63, 3.8) is 0 Å². The molecule has 0 bridgehead atoms. The van der Waals surface area contributed by atoms with E-state index in [1.54, 1.807) is 0 Å². The molecule has 9 nitrogen and oxygen atoms in total. The van der Waals surface area contributed by atoms with E-state index in [0.717, 1.165) is 22.3 Å². The average molecular weight is 451 g/mol. The fraction of sp³-hybridized carbons (Fsp3) is 0.250. The first-order valence-electron chi connectivity index (χ1n) is 10.4. The average Bonchev–Trinajstić information content (AvgIpc) is 3.13. The second-order valence-corrected chi connectivity index (χ2v) is 7.44. The fourth-order valence-electron chi connectivity index (χ4n) is 3.71. The van der Waals surface area contributed by atoms with Gasteiger partial charge in [0, 0.05) is 5.92 Å². The van der Waals surface area contributed by atoms with Gasteiger partial charge in [-0.15, -0.1) is 6.58 Å². The van der Waals surface area contributed by atoms with E-state index in [1.165, 1.54) is 6.08 Å². The summed E-state index contributed by atoms with van der Waals surface area (Å²) in [4.78, 5) is 46.9. The van der Waals surface area contributed by atoms with Crippen LogP contribution in [0.3, 0.4) is 0 Å². The molecule has 0 aromatic heterocycles. The fourth-order valence-corrected chi connectivity index (χ4v) is 3.71. The van der Waals surface area contributed by atoms with Crippen molar-refractivity contribution in [2.24, 2.45) is 0 Å². The molecule has 2 aromatic carbocycles. The topological polar surface area (TPSA) is 134 Å². The molecule has 1 aliphatic rings. The third-order valence-corrected chi connectivity index (χ3v) is 5.21. The molecule has 4 N–H and O–H groups in total. The number of hydrogen-bond acceptors (Lipinski definition) is 5. The van der Waals surface area contributed by atoms with Gasteiger partial charge in [-0.05, 0) is 28.7 Å². The SMILES string of the molecule is C=CCC(NC(=O)OCC1c2ccccc2-c2ccccc21)C(=O)NCC(=O)NCC(=O)O. The van der Waals surface area contributed by atoms with E-state index in [9.17, 15) is 19.2 Å². The monoisotopic (exact) mass is 451 g/mol. The zero-order valence-electron chi connectivity index (χ0n) is 17.9. The molecule has 33 heavy (non-hydrogen) atoms. The first-order chi connectivity index (χ1) is 15.9. The zero-order chi connectivity index (χ0) is 23.8. The molecule has 0 heterocycles. The summed E-state index contributed by atoms with van der Waals surface area (Å²) in [5.41, 5.74) is 4.35. The lowest BCUT2D eigenvalue weighted by Crippen LogP contribution is -2.49. The van der Waals surface area contributed by atoms with Crippen LogP contribution in [0.1, 0.15) is 23.5 Å². The van der Waals surface area contributed by atoms with Crippen LogP contribution in [0.25, 0.3) is 11.1 Å². The summed E-state index contributed by atoms with van der Waals surface area (Å²) in [6, 6.07) is 14.9. The summed E-state index contributed by atoms with van der Waals surface area (Å²) in [5, 5.41) is 15.5. The van der Waals surface area contributed by atoms with E-state index in [1.807, 2.05) is 48.5 Å². The number of amides is 3. The summed E-state index contributed by atoms with van der Waals surface area (Å²) in [7, 11) is 0. The molecule has 3 rings (SSSR count). The predicted octanol–water partition coefficient (Wildman–Crippen LogP) is 1.79. The lowest BCUT2D eigenvalue weighted by molar-refractivity contribution is -0.137. The van der Waals surface area contributed by atoms with Crippen molar-refractivity contribution in [3.05, 3.63) is 72.3 Å². The van der Waals surface area contributed by atoms with Gasteiger partial charge < -0.3 is 25.8 Å². The highest BCUT2D eigenvalue weighted by Gasteiger charge is 2.29. The van der Waals surface area contributed by atoms with E-state index < -0.39 is 43.0 Å². The Morgan fingerprint density at radius 2 is 1.58 bits per heavy atom. The van der Waals surface area contributed by atoms with Gasteiger partial charge in [-0.25, -0.2) is 4.79 Å². The number of hydrogen-bond donors (Lipinski definition) is 4. The van der Waals surface area contributed by atoms with Gasteiger partial charge in [-0.3, -0.25) is 14.4 Å². The molecular formula is C24H25N3O6. The minimum Gasteiger partial charge on any atom is -0.480 e. The molecule has 0 saturated carbocycles. The predicted molar refractivity (Wildman–Crippen MR) is 120 cm³/mol. The number of ether oxygens (including phenoxy) is 1. The van der Waals surface area contributed by atoms with Crippen molar-refractivity contribution in [2.45, 2.75) is 18.4 Å². The van der Waals surface area contributed by atoms with Crippen LogP contribution in [0.5, 0.6) is 0 Å². The number of carbonyl (C=O) groups is 4. The maximum atomic E-state index is 12.4. The number of nitrogens with one attached hydrogen (secondary N) is 3. The Morgan fingerprint density at radius 3 is 2.15 bits per heavy atom. The maximum absolute atomic E-state index is 12.4. The number of rotatable bonds is 10. The molecule has 0 spiro atoms. The van der Waals surface area contributed by atoms with Crippen molar-refractivity contribution in [2.75, 3.05) is 19.7 Å². The molecule has 1 atom stereocenters. The summed E-state index contributed by atoms with van der Waals surface area (Å²) >= 11 is 0. The van der Waals surface area contributed by atoms with Crippen LogP contribution in [-0.2, 0) is 19.1 Å². The molecule has 172 valence electrons. The normalized spacial score (nSPS) is 12.6. The lowest BCUT2D eigenvalue weighted by Gasteiger charge is -2.18. The van der Waals surface area contributed by atoms with Crippen LogP contribution in [0.4, 0.5) is 4.79 Å². The summed E-state index contributed by atoms with van der Waals surface area (Å²) in [6.07, 6.45) is 0.805. The van der Waals surface area contributed by atoms with Gasteiger partial charge in [0.05, 0.1) is 6.54 Å². The highest BCUT2D eigenvalue weighted by atomic mass is 16.5. The molecular weight excluding hydrogens is 426 g/mol. The van der Waals surface area contributed by atoms with Crippen LogP contribution < -0.4 is 16.0 Å². The molecule has 2 aromatic rings. The van der Waals surface area contributed by atoms with Crippen molar-refractivity contribution >= 4 is 23.9 Å². The zero-order valence-corrected chi connectivity index (χ0v) is 17.9. The lowest BCUT2D eigenvalue weighted by atomic mass is 9.98. The molecule has 0 saturated heterocycles. The van der Waals surface area contributed by atoms with Gasteiger partial charge >= 0.3 is 12.1 Å². The van der Waals surface area contributed by atoms with Gasteiger partial charge in [0.1, 0.15) is 19.2 Å². The van der Waals surface area contributed by atoms with Crippen molar-refractivity contribution < 1.29 is 29.0 Å². The van der Waals surface area contributed by atoms with Crippen LogP contribution in [0.2, 0.25) is 0 Å². The van der Waals surface area contributed by atoms with Crippen molar-refractivity contribution in [1.29, 1.82) is 0 Å². The minimum atomic E-state index is -1.20. The third-order valence-electron chi connectivity index (χ3n) is 5.21. The molecule has 1 unspecified atom stereocenters. The molecule has 3 amide bonds. The highest BCUT2D eigenvalue weighted by molar-refractivity contribution is 5.90. The van der Waals surface area contributed by atoms with E-state index in [0.29, 0.717) is 0 Å². The van der Waals surface area contributed by atoms with E-state index >= 15 is 0 Å². The number of carbonyl (C=O) groups excluding carboxylic acids is 3. The minimum absolute atomic E-state index is 0.0971. The Bertz CT molecular complexity index is 1020. The van der Waals surface area contributed by atoms with Gasteiger partial charge in [0.15, 0.2) is 0 Å². The second kappa shape index (κ2) is 10.9. The Hall–Kier alpha value is -4.14. The van der Waals surface area contributed by atoms with Crippen LogP contribution in [0, 0.1) is 0 Å². The molecule has 9 heteroatoms. The number of benzene rings is 2. The number of alkyl carbamates (subject to hydrolysis) is 1. The van der Waals surface area contributed by atoms with Gasteiger partial charge in [-0.1, -0.05) is 54.6 Å². The second-order valence-electron chi connectivity index (χ2n) is 7.44. The first kappa shape index (κ1) is 23.5. The summed E-state index contributed by atoms with van der Waals surface area (Å²) in [5.74, 6) is -2.60. The Balaban J connectivity index is 1.56. The van der Waals surface area contributed by atoms with Gasteiger partial charge in [-0.2, -0.15) is 0 Å². The molecule has 1 aliphatic carbocycles. The quantitative estimate of drug-likeness (QED) is 0.407. The number of carboxylic acids is 1. The standard InChI is InChI=1S/C24H25N3O6/c1-2-7-20(23(31)26-12-21(28)25-13-22(29)30)27-24(32)33-14-19-17-10-5-3-8-15(17)16-9-4-6-11-18(16)19/h2-6,8-11,19-20H,1,7,12-14H2,(H,25,28)(H,26,31)(H,27,32)(H,29,30). The molecule has 0 fully saturated rings. The van der Waals surface area contributed by atoms with Crippen LogP contribution in [-0.4, -0.2) is 54.7 Å². The Labute approximate surface area is 190 Å². The largest absolute Gasteiger partial charge is 0.480 e. The Kier molecular flexibility index (Phi) is 7.80.